The number of likely N-dealkylation sites (N-methyl/N-ethyl adjacent to an activating group) is 1. The highest BCUT2D eigenvalue weighted by Crippen LogP contribution is 2.44. The fourth-order valence-electron chi connectivity index (χ4n) is 2.20. The Morgan fingerprint density at radius 1 is 1.24 bits per heavy atom. The zero-order valence-corrected chi connectivity index (χ0v) is 10.6. The van der Waals surface area contributed by atoms with Gasteiger partial charge in [-0.1, -0.05) is 25.1 Å². The molecule has 3 heteroatoms. The van der Waals surface area contributed by atoms with Crippen LogP contribution in [0.3, 0.4) is 0 Å². The number of rotatable bonds is 3. The number of ether oxygens (including phenoxy) is 1. The molecule has 1 N–H and O–H groups in total. The SMILES string of the molecule is CCNCC1Oc2ccccc2-c2ccsc21. The summed E-state index contributed by atoms with van der Waals surface area (Å²) in [5.41, 5.74) is 2.55. The van der Waals surface area contributed by atoms with Crippen LogP contribution in [0.15, 0.2) is 35.7 Å². The van der Waals surface area contributed by atoms with Crippen LogP contribution in [0.2, 0.25) is 0 Å². The maximum absolute atomic E-state index is 6.07. The van der Waals surface area contributed by atoms with Gasteiger partial charge in [0, 0.05) is 17.7 Å². The maximum Gasteiger partial charge on any atom is 0.146 e. The van der Waals surface area contributed by atoms with Gasteiger partial charge < -0.3 is 10.1 Å². The summed E-state index contributed by atoms with van der Waals surface area (Å²) in [6.45, 7) is 3.96. The van der Waals surface area contributed by atoms with E-state index >= 15 is 0 Å². The summed E-state index contributed by atoms with van der Waals surface area (Å²) in [7, 11) is 0. The van der Waals surface area contributed by atoms with Gasteiger partial charge >= 0.3 is 0 Å². The molecule has 0 aliphatic carbocycles. The highest BCUT2D eigenvalue weighted by Gasteiger charge is 2.26. The topological polar surface area (TPSA) is 21.3 Å². The normalized spacial score (nSPS) is 17.1. The summed E-state index contributed by atoms with van der Waals surface area (Å²) < 4.78 is 6.07. The van der Waals surface area contributed by atoms with Gasteiger partial charge in [-0.2, -0.15) is 0 Å². The molecule has 17 heavy (non-hydrogen) atoms. The first-order valence-electron chi connectivity index (χ1n) is 5.94. The van der Waals surface area contributed by atoms with E-state index in [-0.39, 0.29) is 6.10 Å². The highest BCUT2D eigenvalue weighted by atomic mass is 32.1. The van der Waals surface area contributed by atoms with Gasteiger partial charge in [-0.3, -0.25) is 0 Å². The third-order valence-corrected chi connectivity index (χ3v) is 4.02. The van der Waals surface area contributed by atoms with E-state index in [9.17, 15) is 0 Å². The Bertz CT molecular complexity index is 520. The van der Waals surface area contributed by atoms with Crippen LogP contribution < -0.4 is 10.1 Å². The molecule has 1 atom stereocenters. The Morgan fingerprint density at radius 2 is 2.12 bits per heavy atom. The van der Waals surface area contributed by atoms with Crippen molar-refractivity contribution >= 4 is 11.3 Å². The predicted octanol–water partition coefficient (Wildman–Crippen LogP) is 3.46. The van der Waals surface area contributed by atoms with Crippen LogP contribution >= 0.6 is 11.3 Å². The number of hydrogen-bond acceptors (Lipinski definition) is 3. The largest absolute Gasteiger partial charge is 0.483 e. The molecule has 2 heterocycles. The molecule has 1 unspecified atom stereocenters. The van der Waals surface area contributed by atoms with Crippen molar-refractivity contribution in [3.63, 3.8) is 0 Å². The Kier molecular flexibility index (Phi) is 2.87. The fourth-order valence-corrected chi connectivity index (χ4v) is 3.14. The second kappa shape index (κ2) is 4.51. The molecule has 0 amide bonds. The minimum absolute atomic E-state index is 0.153. The van der Waals surface area contributed by atoms with E-state index in [1.807, 2.05) is 6.07 Å². The lowest BCUT2D eigenvalue weighted by atomic mass is 10.0. The summed E-state index contributed by atoms with van der Waals surface area (Å²) in [6.07, 6.45) is 0.153. The fraction of sp³-hybridized carbons (Fsp3) is 0.286. The van der Waals surface area contributed by atoms with Crippen LogP contribution in [-0.4, -0.2) is 13.1 Å². The molecule has 0 saturated carbocycles. The Hall–Kier alpha value is -1.32. The van der Waals surface area contributed by atoms with E-state index in [2.05, 4.69) is 41.9 Å². The molecule has 1 aromatic carbocycles. The Morgan fingerprint density at radius 3 is 3.00 bits per heavy atom. The predicted molar refractivity (Wildman–Crippen MR) is 71.7 cm³/mol. The number of nitrogens with one attached hydrogen (secondary N) is 1. The third-order valence-electron chi connectivity index (χ3n) is 3.01. The van der Waals surface area contributed by atoms with Gasteiger partial charge in [0.15, 0.2) is 0 Å². The van der Waals surface area contributed by atoms with Crippen LogP contribution in [0, 0.1) is 0 Å². The third kappa shape index (κ3) is 1.85. The molecule has 0 bridgehead atoms. The van der Waals surface area contributed by atoms with Crippen molar-refractivity contribution in [1.82, 2.24) is 5.32 Å². The van der Waals surface area contributed by atoms with Gasteiger partial charge in [0.1, 0.15) is 11.9 Å². The lowest BCUT2D eigenvalue weighted by Gasteiger charge is -2.26. The van der Waals surface area contributed by atoms with Gasteiger partial charge in [-0.15, -0.1) is 11.3 Å². The van der Waals surface area contributed by atoms with Crippen molar-refractivity contribution in [2.24, 2.45) is 0 Å². The molecule has 3 rings (SSSR count). The molecule has 1 aliphatic heterocycles. The number of thiophene rings is 1. The molecule has 0 radical (unpaired) electrons. The smallest absolute Gasteiger partial charge is 0.146 e. The quantitative estimate of drug-likeness (QED) is 0.894. The van der Waals surface area contributed by atoms with Crippen molar-refractivity contribution in [2.75, 3.05) is 13.1 Å². The number of para-hydroxylation sites is 1. The average Bonchev–Trinajstić information content (AvgIpc) is 2.85. The van der Waals surface area contributed by atoms with Gasteiger partial charge in [0.25, 0.3) is 0 Å². The van der Waals surface area contributed by atoms with Crippen LogP contribution in [0.25, 0.3) is 11.1 Å². The minimum atomic E-state index is 0.153. The Balaban J connectivity index is 2.01. The van der Waals surface area contributed by atoms with E-state index in [1.165, 1.54) is 16.0 Å². The summed E-state index contributed by atoms with van der Waals surface area (Å²) >= 11 is 1.78. The van der Waals surface area contributed by atoms with E-state index in [4.69, 9.17) is 4.74 Å². The van der Waals surface area contributed by atoms with Gasteiger partial charge in [-0.25, -0.2) is 0 Å². The molecule has 1 aromatic heterocycles. The van der Waals surface area contributed by atoms with Crippen LogP contribution in [0.5, 0.6) is 5.75 Å². The summed E-state index contributed by atoms with van der Waals surface area (Å²) in [4.78, 5) is 1.34. The molecule has 0 spiro atoms. The lowest BCUT2D eigenvalue weighted by molar-refractivity contribution is 0.203. The van der Waals surface area contributed by atoms with Crippen molar-refractivity contribution in [3.05, 3.63) is 40.6 Å². The van der Waals surface area contributed by atoms with E-state index in [0.717, 1.165) is 18.8 Å². The summed E-state index contributed by atoms with van der Waals surface area (Å²) in [5.74, 6) is 1.00. The van der Waals surface area contributed by atoms with Crippen molar-refractivity contribution < 1.29 is 4.74 Å². The zero-order chi connectivity index (χ0) is 11.7. The average molecular weight is 245 g/mol. The molecule has 1 aliphatic rings. The number of hydrogen-bond donors (Lipinski definition) is 1. The molecular formula is C14H15NOS. The minimum Gasteiger partial charge on any atom is -0.483 e. The summed E-state index contributed by atoms with van der Waals surface area (Å²) in [6, 6.07) is 10.5. The van der Waals surface area contributed by atoms with Crippen LogP contribution in [-0.2, 0) is 0 Å². The molecule has 0 saturated heterocycles. The highest BCUT2D eigenvalue weighted by molar-refractivity contribution is 7.10. The molecule has 88 valence electrons. The molecule has 2 nitrogen and oxygen atoms in total. The Labute approximate surface area is 105 Å². The van der Waals surface area contributed by atoms with Gasteiger partial charge in [0.2, 0.25) is 0 Å². The monoisotopic (exact) mass is 245 g/mol. The molecule has 2 aromatic rings. The van der Waals surface area contributed by atoms with Gasteiger partial charge in [0.05, 0.1) is 4.88 Å². The molecular weight excluding hydrogens is 230 g/mol. The standard InChI is InChI=1S/C14H15NOS/c1-2-15-9-13-14-11(7-8-17-14)10-5-3-4-6-12(10)16-13/h3-8,13,15H,2,9H2,1H3. The first-order chi connectivity index (χ1) is 8.40. The number of fused-ring (bicyclic) bond motifs is 3. The van der Waals surface area contributed by atoms with Crippen molar-refractivity contribution in [2.45, 2.75) is 13.0 Å². The zero-order valence-electron chi connectivity index (χ0n) is 9.77. The van der Waals surface area contributed by atoms with Crippen molar-refractivity contribution in [1.29, 1.82) is 0 Å². The van der Waals surface area contributed by atoms with E-state index in [1.54, 1.807) is 11.3 Å². The second-order valence-corrected chi connectivity index (χ2v) is 5.06. The lowest BCUT2D eigenvalue weighted by Crippen LogP contribution is -2.26. The first-order valence-corrected chi connectivity index (χ1v) is 6.82. The van der Waals surface area contributed by atoms with E-state index in [0.29, 0.717) is 0 Å². The second-order valence-electron chi connectivity index (χ2n) is 4.11. The van der Waals surface area contributed by atoms with Crippen molar-refractivity contribution in [3.8, 4) is 16.9 Å². The molecule has 0 fully saturated rings. The summed E-state index contributed by atoms with van der Waals surface area (Å²) in [5, 5.41) is 5.51. The van der Waals surface area contributed by atoms with E-state index < -0.39 is 0 Å². The van der Waals surface area contributed by atoms with Crippen LogP contribution in [0.1, 0.15) is 17.9 Å². The maximum atomic E-state index is 6.07. The first kappa shape index (κ1) is 10.8. The van der Waals surface area contributed by atoms with Crippen LogP contribution in [0.4, 0.5) is 0 Å². The number of benzene rings is 1. The van der Waals surface area contributed by atoms with Gasteiger partial charge in [-0.05, 0) is 24.1 Å².